The minimum absolute atomic E-state index is 0.826. The van der Waals surface area contributed by atoms with E-state index in [4.69, 9.17) is 17.0 Å². The van der Waals surface area contributed by atoms with Gasteiger partial charge in [0.25, 0.3) is 0 Å². The molecule has 4 heteroatoms. The maximum absolute atomic E-state index is 4.93. The van der Waals surface area contributed by atoms with E-state index >= 15 is 0 Å². The summed E-state index contributed by atoms with van der Waals surface area (Å²) in [5.74, 6) is 0. The third kappa shape index (κ3) is 5.36. The van der Waals surface area contributed by atoms with Gasteiger partial charge in [-0.1, -0.05) is 74.1 Å². The van der Waals surface area contributed by atoms with E-state index in [0.29, 0.717) is 0 Å². The average Bonchev–Trinajstić information content (AvgIpc) is 3.03. The molecule has 26 heavy (non-hydrogen) atoms. The van der Waals surface area contributed by atoms with Crippen molar-refractivity contribution in [2.75, 3.05) is 0 Å². The Morgan fingerprint density at radius 1 is 0.808 bits per heavy atom. The van der Waals surface area contributed by atoms with Crippen molar-refractivity contribution in [2.24, 2.45) is 0 Å². The Hall–Kier alpha value is -0.790. The minimum atomic E-state index is -0.826. The zero-order chi connectivity index (χ0) is 18.9. The molecule has 0 N–H and O–H groups in total. The molecule has 0 spiro atoms. The van der Waals surface area contributed by atoms with Crippen LogP contribution in [0.1, 0.15) is 5.56 Å². The van der Waals surface area contributed by atoms with Crippen LogP contribution < -0.4 is 0 Å². The molecule has 4 aromatic carbocycles. The normalized spacial score (nSPS) is 9.88. The fraction of sp³-hybridized carbons (Fsp3) is 0.136. The van der Waals surface area contributed by atoms with Gasteiger partial charge >= 0.3 is 37.9 Å². The van der Waals surface area contributed by atoms with Crippen LogP contribution in [-0.4, -0.2) is 9.52 Å². The maximum atomic E-state index is 4.93. The second kappa shape index (κ2) is 11.1. The Morgan fingerprint density at radius 3 is 2.04 bits per heavy atom. The SMILES string of the molecule is C[Si]C.Cc1cc2c(-c3cccc4ccccc34)cccc2[cH-]1.[Cl][Zr][Cl]. The zero-order valence-corrected chi connectivity index (χ0v) is 20.2. The molecule has 0 nitrogen and oxygen atoms in total. The van der Waals surface area contributed by atoms with E-state index < -0.39 is 20.8 Å². The van der Waals surface area contributed by atoms with E-state index in [1.54, 1.807) is 0 Å². The van der Waals surface area contributed by atoms with E-state index in [0.717, 1.165) is 9.52 Å². The van der Waals surface area contributed by atoms with Crippen molar-refractivity contribution in [3.63, 3.8) is 0 Å². The molecule has 0 aromatic heterocycles. The molecule has 0 saturated heterocycles. The third-order valence-corrected chi connectivity index (χ3v) is 3.97. The van der Waals surface area contributed by atoms with Gasteiger partial charge < -0.3 is 0 Å². The van der Waals surface area contributed by atoms with E-state index in [9.17, 15) is 0 Å². The van der Waals surface area contributed by atoms with Gasteiger partial charge in [-0.15, -0.1) is 34.5 Å². The van der Waals surface area contributed by atoms with Crippen LogP contribution in [0.25, 0.3) is 32.7 Å². The van der Waals surface area contributed by atoms with Crippen LogP contribution in [-0.2, 0) is 20.8 Å². The second-order valence-corrected chi connectivity index (χ2v) is 10.7. The topological polar surface area (TPSA) is 0 Å². The Labute approximate surface area is 177 Å². The fourth-order valence-corrected chi connectivity index (χ4v) is 3.08. The number of hydrogen-bond donors (Lipinski definition) is 0. The molecule has 2 radical (unpaired) electrons. The number of fused-ring (bicyclic) bond motifs is 2. The molecule has 0 aliphatic carbocycles. The van der Waals surface area contributed by atoms with E-state index in [2.05, 4.69) is 92.8 Å². The van der Waals surface area contributed by atoms with Crippen LogP contribution in [0.4, 0.5) is 0 Å². The average molecular weight is 476 g/mol. The Bertz CT molecular complexity index is 955. The summed E-state index contributed by atoms with van der Waals surface area (Å²) in [6.07, 6.45) is 0. The summed E-state index contributed by atoms with van der Waals surface area (Å²) in [5, 5.41) is 5.29. The standard InChI is InChI=1S/C20H15.C2H6Si.2ClH.Zr/c1-14-12-16-8-5-11-19(20(16)13-14)18-10-4-7-15-6-2-3-9-17(15)18;1-3-2;;;/h2-13H,1H3;1-2H3;2*1H;/q-1;;;;+2/p-2. The van der Waals surface area contributed by atoms with Gasteiger partial charge in [0.15, 0.2) is 0 Å². The van der Waals surface area contributed by atoms with E-state index in [1.807, 2.05) is 0 Å². The molecule has 132 valence electrons. The van der Waals surface area contributed by atoms with Gasteiger partial charge in [0, 0.05) is 9.52 Å². The predicted molar refractivity (Wildman–Crippen MR) is 116 cm³/mol. The molecular weight excluding hydrogens is 454 g/mol. The van der Waals surface area contributed by atoms with Gasteiger partial charge in [0.05, 0.1) is 0 Å². The number of aryl methyl sites for hydroxylation is 1. The molecular formula is C22H21Cl2SiZr-. The number of halogens is 2. The van der Waals surface area contributed by atoms with Crippen LogP contribution in [0, 0.1) is 6.92 Å². The van der Waals surface area contributed by atoms with E-state index in [1.165, 1.54) is 38.2 Å². The number of benzene rings is 3. The summed E-state index contributed by atoms with van der Waals surface area (Å²) < 4.78 is 0. The first-order chi connectivity index (χ1) is 12.7. The second-order valence-electron chi connectivity index (χ2n) is 5.94. The van der Waals surface area contributed by atoms with Crippen molar-refractivity contribution in [1.82, 2.24) is 0 Å². The molecule has 0 heterocycles. The molecule has 4 rings (SSSR count). The summed E-state index contributed by atoms with van der Waals surface area (Å²) in [4.78, 5) is 0. The van der Waals surface area contributed by atoms with Crippen molar-refractivity contribution in [1.29, 1.82) is 0 Å². The predicted octanol–water partition coefficient (Wildman–Crippen LogP) is 7.85. The van der Waals surface area contributed by atoms with Gasteiger partial charge in [0.2, 0.25) is 0 Å². The first-order valence-electron chi connectivity index (χ1n) is 8.35. The van der Waals surface area contributed by atoms with Crippen LogP contribution in [0.15, 0.2) is 72.8 Å². The van der Waals surface area contributed by atoms with Gasteiger partial charge in [-0.05, 0) is 16.3 Å². The number of hydrogen-bond acceptors (Lipinski definition) is 0. The fourth-order valence-electron chi connectivity index (χ4n) is 3.08. The number of rotatable bonds is 1. The molecule has 0 fully saturated rings. The van der Waals surface area contributed by atoms with Crippen LogP contribution in [0.2, 0.25) is 13.1 Å². The van der Waals surface area contributed by atoms with Crippen molar-refractivity contribution < 1.29 is 20.8 Å². The van der Waals surface area contributed by atoms with Crippen LogP contribution in [0.5, 0.6) is 0 Å². The molecule has 0 unspecified atom stereocenters. The third-order valence-electron chi connectivity index (χ3n) is 3.97. The molecule has 0 atom stereocenters. The van der Waals surface area contributed by atoms with Gasteiger partial charge in [0.1, 0.15) is 0 Å². The molecule has 0 aliphatic rings. The Morgan fingerprint density at radius 2 is 1.35 bits per heavy atom. The summed E-state index contributed by atoms with van der Waals surface area (Å²) in [5.41, 5.74) is 3.97. The molecule has 0 bridgehead atoms. The van der Waals surface area contributed by atoms with Crippen molar-refractivity contribution >= 4 is 48.1 Å². The molecule has 0 amide bonds. The van der Waals surface area contributed by atoms with Crippen LogP contribution in [0.3, 0.4) is 0 Å². The van der Waals surface area contributed by atoms with Crippen LogP contribution >= 0.6 is 17.0 Å². The van der Waals surface area contributed by atoms with Gasteiger partial charge in [-0.2, -0.15) is 6.07 Å². The zero-order valence-electron chi connectivity index (χ0n) is 15.2. The van der Waals surface area contributed by atoms with Crippen molar-refractivity contribution in [3.05, 3.63) is 78.4 Å². The summed E-state index contributed by atoms with van der Waals surface area (Å²) >= 11 is -0.826. The Balaban J connectivity index is 0.000000361. The summed E-state index contributed by atoms with van der Waals surface area (Å²) in [7, 11) is 11.0. The summed E-state index contributed by atoms with van der Waals surface area (Å²) in [6.45, 7) is 6.47. The van der Waals surface area contributed by atoms with Crippen molar-refractivity contribution in [3.8, 4) is 11.1 Å². The first-order valence-corrected chi connectivity index (χ1v) is 16.7. The first kappa shape index (κ1) is 21.5. The molecule has 0 saturated carbocycles. The molecule has 4 aromatic rings. The Kier molecular flexibility index (Phi) is 9.22. The molecule has 0 aliphatic heterocycles. The monoisotopic (exact) mass is 473 g/mol. The quantitative estimate of drug-likeness (QED) is 0.194. The summed E-state index contributed by atoms with van der Waals surface area (Å²) in [6, 6.07) is 26.2. The van der Waals surface area contributed by atoms with Gasteiger partial charge in [-0.25, -0.2) is 0 Å². The van der Waals surface area contributed by atoms with E-state index in [-0.39, 0.29) is 0 Å². The van der Waals surface area contributed by atoms with Gasteiger partial charge in [-0.3, -0.25) is 0 Å². The van der Waals surface area contributed by atoms with Crippen molar-refractivity contribution in [2.45, 2.75) is 20.0 Å².